The van der Waals surface area contributed by atoms with Gasteiger partial charge < -0.3 is 20.9 Å². The Morgan fingerprint density at radius 1 is 1.14 bits per heavy atom. The summed E-state index contributed by atoms with van der Waals surface area (Å²) in [7, 11) is 0. The molecule has 0 fully saturated rings. The quantitative estimate of drug-likeness (QED) is 0.341. The van der Waals surface area contributed by atoms with Crippen LogP contribution in [0.5, 0.6) is 0 Å². The number of alkyl halides is 3. The van der Waals surface area contributed by atoms with Crippen molar-refractivity contribution < 1.29 is 22.8 Å². The maximum Gasteiger partial charge on any atom is 0.405 e. The number of carbonyl (C=O) groups is 2. The summed E-state index contributed by atoms with van der Waals surface area (Å²) in [6, 6.07) is 2.79. The van der Waals surface area contributed by atoms with E-state index < -0.39 is 24.7 Å². The number of H-pyrrole nitrogens is 1. The molecule has 1 unspecified atom stereocenters. The van der Waals surface area contributed by atoms with Crippen LogP contribution in [0, 0.1) is 5.92 Å². The lowest BCUT2D eigenvalue weighted by Crippen LogP contribution is -2.46. The molecule has 3 rings (SSSR count). The zero-order valence-electron chi connectivity index (χ0n) is 19.5. The average molecular weight is 489 g/mol. The first-order chi connectivity index (χ1) is 16.6. The Hall–Kier alpha value is -3.89. The highest BCUT2D eigenvalue weighted by Crippen LogP contribution is 2.29. The zero-order chi connectivity index (χ0) is 25.6. The predicted molar refractivity (Wildman–Crippen MR) is 127 cm³/mol. The Morgan fingerprint density at radius 2 is 1.91 bits per heavy atom. The molecular formula is C24H27F3N6O2. The van der Waals surface area contributed by atoms with E-state index in [0.717, 1.165) is 22.1 Å². The van der Waals surface area contributed by atoms with E-state index in [0.29, 0.717) is 17.9 Å². The highest BCUT2D eigenvalue weighted by molar-refractivity contribution is 5.94. The number of aromatic nitrogens is 3. The third kappa shape index (κ3) is 7.05. The molecule has 8 nitrogen and oxygen atoms in total. The molecule has 1 atom stereocenters. The SMILES string of the molecule is C/C=C/C(=O)NCc1cnc2[nH]cc(-c3cncc(NC(C(=O)NCC(F)(F)F)C(C)C)c3)c2c1. The smallest absolute Gasteiger partial charge is 0.372 e. The summed E-state index contributed by atoms with van der Waals surface area (Å²) in [5, 5.41) is 8.52. The van der Waals surface area contributed by atoms with E-state index in [-0.39, 0.29) is 11.8 Å². The van der Waals surface area contributed by atoms with E-state index in [1.54, 1.807) is 51.5 Å². The Balaban J connectivity index is 1.82. The van der Waals surface area contributed by atoms with E-state index in [9.17, 15) is 22.8 Å². The van der Waals surface area contributed by atoms with Gasteiger partial charge in [-0.05, 0) is 36.6 Å². The minimum Gasteiger partial charge on any atom is -0.372 e. The highest BCUT2D eigenvalue weighted by Gasteiger charge is 2.30. The van der Waals surface area contributed by atoms with Crippen molar-refractivity contribution in [3.8, 4) is 11.1 Å². The van der Waals surface area contributed by atoms with Crippen molar-refractivity contribution in [1.29, 1.82) is 0 Å². The van der Waals surface area contributed by atoms with Gasteiger partial charge in [-0.1, -0.05) is 19.9 Å². The van der Waals surface area contributed by atoms with Gasteiger partial charge in [0.1, 0.15) is 18.2 Å². The normalized spacial score (nSPS) is 12.8. The van der Waals surface area contributed by atoms with E-state index in [1.807, 2.05) is 11.4 Å². The molecule has 3 aromatic heterocycles. The molecule has 0 radical (unpaired) electrons. The van der Waals surface area contributed by atoms with Crippen LogP contribution in [0.25, 0.3) is 22.2 Å². The summed E-state index contributed by atoms with van der Waals surface area (Å²) in [6.07, 6.45) is 5.19. The molecule has 186 valence electrons. The molecule has 3 heterocycles. The van der Waals surface area contributed by atoms with Crippen LogP contribution in [-0.4, -0.2) is 45.5 Å². The standard InChI is InChI=1S/C24H27F3N6O2/c1-4-5-20(34)29-8-15-6-18-19(12-31-22(18)30-9-15)16-7-17(11-28-10-16)33-21(14(2)3)23(35)32-13-24(25,26)27/h4-7,9-12,14,21,33H,8,13H2,1-3H3,(H,29,34)(H,30,31)(H,32,35)/b5-4+. The largest absolute Gasteiger partial charge is 0.405 e. The number of anilines is 1. The molecule has 4 N–H and O–H groups in total. The second-order valence-electron chi connectivity index (χ2n) is 8.32. The molecule has 0 bridgehead atoms. The third-order valence-corrected chi connectivity index (χ3v) is 5.16. The van der Waals surface area contributed by atoms with Crippen LogP contribution in [-0.2, 0) is 16.1 Å². The zero-order valence-corrected chi connectivity index (χ0v) is 19.5. The van der Waals surface area contributed by atoms with Crippen molar-refractivity contribution in [1.82, 2.24) is 25.6 Å². The fourth-order valence-electron chi connectivity index (χ4n) is 3.46. The topological polar surface area (TPSA) is 112 Å². The Morgan fingerprint density at radius 3 is 2.60 bits per heavy atom. The summed E-state index contributed by atoms with van der Waals surface area (Å²) in [4.78, 5) is 35.8. The number of hydrogen-bond acceptors (Lipinski definition) is 5. The number of rotatable bonds is 9. The molecule has 0 saturated heterocycles. The van der Waals surface area contributed by atoms with Crippen molar-refractivity contribution in [3.05, 3.63) is 54.6 Å². The molecule has 0 aliphatic carbocycles. The molecule has 0 aromatic carbocycles. The molecule has 2 amide bonds. The Kier molecular flexibility index (Phi) is 8.10. The maximum absolute atomic E-state index is 12.5. The molecular weight excluding hydrogens is 461 g/mol. The number of aromatic amines is 1. The number of halogens is 3. The number of pyridine rings is 2. The van der Waals surface area contributed by atoms with Crippen molar-refractivity contribution in [3.63, 3.8) is 0 Å². The molecule has 0 aliphatic heterocycles. The van der Waals surface area contributed by atoms with Crippen LogP contribution in [0.15, 0.2) is 49.1 Å². The van der Waals surface area contributed by atoms with Crippen molar-refractivity contribution in [2.75, 3.05) is 11.9 Å². The molecule has 11 heteroatoms. The van der Waals surface area contributed by atoms with Gasteiger partial charge in [0.25, 0.3) is 0 Å². The summed E-state index contributed by atoms with van der Waals surface area (Å²) in [5.74, 6) is -1.23. The lowest BCUT2D eigenvalue weighted by molar-refractivity contribution is -0.139. The van der Waals surface area contributed by atoms with Gasteiger partial charge in [-0.25, -0.2) is 4.98 Å². The maximum atomic E-state index is 12.5. The number of amides is 2. The fraction of sp³-hybridized carbons (Fsp3) is 0.333. The number of fused-ring (bicyclic) bond motifs is 1. The third-order valence-electron chi connectivity index (χ3n) is 5.16. The number of nitrogens with zero attached hydrogens (tertiary/aromatic N) is 2. The Labute approximate surface area is 200 Å². The van der Waals surface area contributed by atoms with E-state index >= 15 is 0 Å². The lowest BCUT2D eigenvalue weighted by Gasteiger charge is -2.23. The van der Waals surface area contributed by atoms with Crippen LogP contribution in [0.1, 0.15) is 26.3 Å². The molecule has 0 saturated carbocycles. The first-order valence-electron chi connectivity index (χ1n) is 11.0. The van der Waals surface area contributed by atoms with Crippen LogP contribution in [0.3, 0.4) is 0 Å². The van der Waals surface area contributed by atoms with Crippen molar-refractivity contribution >= 4 is 28.5 Å². The second-order valence-corrected chi connectivity index (χ2v) is 8.32. The average Bonchev–Trinajstić information content (AvgIpc) is 3.23. The molecule has 3 aromatic rings. The highest BCUT2D eigenvalue weighted by atomic mass is 19.4. The minimum atomic E-state index is -4.49. The van der Waals surface area contributed by atoms with Gasteiger partial charge in [-0.2, -0.15) is 13.2 Å². The van der Waals surface area contributed by atoms with E-state index in [4.69, 9.17) is 0 Å². The van der Waals surface area contributed by atoms with Gasteiger partial charge in [-0.3, -0.25) is 14.6 Å². The number of hydrogen-bond donors (Lipinski definition) is 4. The number of carbonyl (C=O) groups excluding carboxylic acids is 2. The minimum absolute atomic E-state index is 0.205. The van der Waals surface area contributed by atoms with Gasteiger partial charge in [0.05, 0.1) is 5.69 Å². The molecule has 0 aliphatic rings. The number of nitrogens with one attached hydrogen (secondary N) is 4. The van der Waals surface area contributed by atoms with Crippen LogP contribution < -0.4 is 16.0 Å². The fourth-order valence-corrected chi connectivity index (χ4v) is 3.46. The van der Waals surface area contributed by atoms with Gasteiger partial charge in [0, 0.05) is 47.8 Å². The van der Waals surface area contributed by atoms with Gasteiger partial charge in [0.15, 0.2) is 0 Å². The van der Waals surface area contributed by atoms with Crippen LogP contribution >= 0.6 is 0 Å². The van der Waals surface area contributed by atoms with Gasteiger partial charge in [0.2, 0.25) is 11.8 Å². The monoisotopic (exact) mass is 488 g/mol. The summed E-state index contributed by atoms with van der Waals surface area (Å²) >= 11 is 0. The first-order valence-corrected chi connectivity index (χ1v) is 11.0. The van der Waals surface area contributed by atoms with E-state index in [1.165, 1.54) is 12.3 Å². The Bertz CT molecular complexity index is 1220. The predicted octanol–water partition coefficient (Wildman–Crippen LogP) is 3.93. The van der Waals surface area contributed by atoms with E-state index in [2.05, 4.69) is 25.6 Å². The van der Waals surface area contributed by atoms with Gasteiger partial charge in [-0.15, -0.1) is 0 Å². The summed E-state index contributed by atoms with van der Waals surface area (Å²) in [6.45, 7) is 4.15. The van der Waals surface area contributed by atoms with Gasteiger partial charge >= 0.3 is 6.18 Å². The summed E-state index contributed by atoms with van der Waals surface area (Å²) in [5.41, 5.74) is 3.46. The van der Waals surface area contributed by atoms with Crippen LogP contribution in [0.4, 0.5) is 18.9 Å². The van der Waals surface area contributed by atoms with Crippen molar-refractivity contribution in [2.24, 2.45) is 5.92 Å². The second kappa shape index (κ2) is 11.0. The van der Waals surface area contributed by atoms with Crippen LogP contribution in [0.2, 0.25) is 0 Å². The lowest BCUT2D eigenvalue weighted by atomic mass is 10.0. The van der Waals surface area contributed by atoms with Crippen molar-refractivity contribution in [2.45, 2.75) is 39.5 Å². The molecule has 0 spiro atoms. The first kappa shape index (κ1) is 25.7. The summed E-state index contributed by atoms with van der Waals surface area (Å²) < 4.78 is 37.6. The molecule has 35 heavy (non-hydrogen) atoms. The number of allylic oxidation sites excluding steroid dienone is 1.